The molecule has 1 fully saturated rings. The van der Waals surface area contributed by atoms with Crippen molar-refractivity contribution in [2.24, 2.45) is 5.92 Å². The van der Waals surface area contributed by atoms with E-state index in [9.17, 15) is 0 Å². The van der Waals surface area contributed by atoms with Gasteiger partial charge in [-0.2, -0.15) is 0 Å². The second-order valence-electron chi connectivity index (χ2n) is 14.6. The van der Waals surface area contributed by atoms with E-state index in [1.807, 2.05) is 0 Å². The van der Waals surface area contributed by atoms with Gasteiger partial charge in [0.2, 0.25) is 0 Å². The third kappa shape index (κ3) is 8.64. The monoisotopic (exact) mass is 678 g/mol. The summed E-state index contributed by atoms with van der Waals surface area (Å²) in [5.41, 5.74) is 14.6. The molecule has 1 aliphatic carbocycles. The molecule has 0 atom stereocenters. The molecule has 0 N–H and O–H groups in total. The Balaban J connectivity index is 1.01. The summed E-state index contributed by atoms with van der Waals surface area (Å²) in [5.74, 6) is 0.831. The molecule has 0 radical (unpaired) electrons. The van der Waals surface area contributed by atoms with Crippen LogP contribution in [0.15, 0.2) is 146 Å². The van der Waals surface area contributed by atoms with Crippen LogP contribution < -0.4 is 9.80 Å². The second-order valence-corrected chi connectivity index (χ2v) is 14.6. The summed E-state index contributed by atoms with van der Waals surface area (Å²) < 4.78 is 0. The molecule has 2 heteroatoms. The maximum atomic E-state index is 2.57. The van der Waals surface area contributed by atoms with Crippen molar-refractivity contribution in [2.75, 3.05) is 9.80 Å². The molecule has 2 nitrogen and oxygen atoms in total. The Hall–Kier alpha value is -5.60. The Morgan fingerprint density at radius 2 is 0.635 bits per heavy atom. The van der Waals surface area contributed by atoms with E-state index in [-0.39, 0.29) is 0 Å². The molecular formula is C50H50N2. The smallest absolute Gasteiger partial charge is 0.0462 e. The summed E-state index contributed by atoms with van der Waals surface area (Å²) in [6, 6.07) is 53.7. The molecule has 6 aromatic carbocycles. The molecular weight excluding hydrogens is 629 g/mol. The second kappa shape index (κ2) is 16.2. The van der Waals surface area contributed by atoms with Crippen molar-refractivity contribution in [1.82, 2.24) is 0 Å². The van der Waals surface area contributed by atoms with Gasteiger partial charge in [-0.1, -0.05) is 133 Å². The van der Waals surface area contributed by atoms with Crippen molar-refractivity contribution >= 4 is 52.7 Å². The third-order valence-corrected chi connectivity index (χ3v) is 10.4. The molecule has 7 rings (SSSR count). The fraction of sp³-hybridized carbons (Fsp3) is 0.200. The standard InChI is InChI=1S/C50H50N2/c1-37-5-25-45(26-6-37)51(46-27-7-38(2)8-28-46)49-33-21-43(22-34-49)19-17-41-13-15-42(16-14-41)18-20-44-23-35-50(36-24-44)52(47-29-9-39(3)10-30-47)48-31-11-40(4)12-32-48/h5-10,13-30,33-36,40,48H,11-12,31-32H2,1-4H3. The zero-order chi connectivity index (χ0) is 35.9. The van der Waals surface area contributed by atoms with Gasteiger partial charge in [-0.15, -0.1) is 0 Å². The van der Waals surface area contributed by atoms with E-state index in [4.69, 9.17) is 0 Å². The van der Waals surface area contributed by atoms with E-state index in [2.05, 4.69) is 207 Å². The maximum absolute atomic E-state index is 2.57. The van der Waals surface area contributed by atoms with Gasteiger partial charge in [-0.05, 0) is 135 Å². The van der Waals surface area contributed by atoms with Gasteiger partial charge in [0, 0.05) is 34.5 Å². The van der Waals surface area contributed by atoms with Crippen molar-refractivity contribution in [2.45, 2.75) is 59.4 Å². The van der Waals surface area contributed by atoms with Crippen LogP contribution >= 0.6 is 0 Å². The van der Waals surface area contributed by atoms with Crippen LogP contribution in [0, 0.1) is 26.7 Å². The lowest BCUT2D eigenvalue weighted by Crippen LogP contribution is -2.34. The number of aryl methyl sites for hydroxylation is 3. The lowest BCUT2D eigenvalue weighted by molar-refractivity contribution is 0.345. The number of rotatable bonds is 10. The Morgan fingerprint density at radius 3 is 0.981 bits per heavy atom. The Bertz CT molecular complexity index is 2030. The van der Waals surface area contributed by atoms with E-state index in [0.29, 0.717) is 6.04 Å². The molecule has 1 saturated carbocycles. The molecule has 0 bridgehead atoms. The predicted molar refractivity (Wildman–Crippen MR) is 226 cm³/mol. The molecule has 6 aromatic rings. The highest BCUT2D eigenvalue weighted by Crippen LogP contribution is 2.37. The van der Waals surface area contributed by atoms with Gasteiger partial charge in [0.25, 0.3) is 0 Å². The highest BCUT2D eigenvalue weighted by atomic mass is 15.2. The first kappa shape index (κ1) is 34.8. The molecule has 0 unspecified atom stereocenters. The SMILES string of the molecule is Cc1ccc(N(c2ccc(C)cc2)c2ccc(C=Cc3ccc(C=Cc4ccc(N(c5ccc(C)cc5)C5CCC(C)CC5)cc4)cc3)cc2)cc1. The van der Waals surface area contributed by atoms with E-state index >= 15 is 0 Å². The molecule has 52 heavy (non-hydrogen) atoms. The number of anilines is 5. The first-order valence-corrected chi connectivity index (χ1v) is 18.8. The summed E-state index contributed by atoms with van der Waals surface area (Å²) in [6.07, 6.45) is 13.9. The van der Waals surface area contributed by atoms with E-state index < -0.39 is 0 Å². The summed E-state index contributed by atoms with van der Waals surface area (Å²) in [7, 11) is 0. The number of hydrogen-bond acceptors (Lipinski definition) is 2. The Labute approximate surface area is 311 Å². The van der Waals surface area contributed by atoms with Gasteiger partial charge < -0.3 is 9.80 Å². The first-order valence-electron chi connectivity index (χ1n) is 18.8. The molecule has 0 aromatic heterocycles. The van der Waals surface area contributed by atoms with Crippen molar-refractivity contribution in [3.63, 3.8) is 0 Å². The van der Waals surface area contributed by atoms with Crippen molar-refractivity contribution in [1.29, 1.82) is 0 Å². The summed E-state index contributed by atoms with van der Waals surface area (Å²) in [5, 5.41) is 0. The predicted octanol–water partition coefficient (Wildman–Crippen LogP) is 14.1. The Morgan fingerprint density at radius 1 is 0.365 bits per heavy atom. The zero-order valence-electron chi connectivity index (χ0n) is 31.0. The van der Waals surface area contributed by atoms with Crippen LogP contribution in [-0.2, 0) is 0 Å². The van der Waals surface area contributed by atoms with Gasteiger partial charge in [0.05, 0.1) is 0 Å². The largest absolute Gasteiger partial charge is 0.338 e. The van der Waals surface area contributed by atoms with Gasteiger partial charge >= 0.3 is 0 Å². The normalized spacial score (nSPS) is 16.0. The minimum atomic E-state index is 0.547. The van der Waals surface area contributed by atoms with Crippen molar-refractivity contribution < 1.29 is 0 Å². The van der Waals surface area contributed by atoms with E-state index in [1.54, 1.807) is 0 Å². The number of benzene rings is 6. The molecule has 260 valence electrons. The first-order chi connectivity index (χ1) is 25.4. The number of nitrogens with zero attached hydrogens (tertiary/aromatic N) is 2. The average Bonchev–Trinajstić information content (AvgIpc) is 3.18. The molecule has 1 aliphatic rings. The average molecular weight is 679 g/mol. The van der Waals surface area contributed by atoms with E-state index in [0.717, 1.165) is 23.0 Å². The lowest BCUT2D eigenvalue weighted by atomic mass is 9.86. The third-order valence-electron chi connectivity index (χ3n) is 10.4. The van der Waals surface area contributed by atoms with Gasteiger partial charge in [0.1, 0.15) is 0 Å². The fourth-order valence-corrected chi connectivity index (χ4v) is 7.20. The minimum Gasteiger partial charge on any atom is -0.338 e. The number of hydrogen-bond donors (Lipinski definition) is 0. The summed E-state index contributed by atoms with van der Waals surface area (Å²) in [4.78, 5) is 4.88. The molecule has 0 saturated heterocycles. The molecule has 0 heterocycles. The zero-order valence-corrected chi connectivity index (χ0v) is 31.0. The van der Waals surface area contributed by atoms with Crippen LogP contribution in [0.4, 0.5) is 28.4 Å². The highest BCUT2D eigenvalue weighted by Gasteiger charge is 2.25. The van der Waals surface area contributed by atoms with Crippen molar-refractivity contribution in [3.8, 4) is 0 Å². The van der Waals surface area contributed by atoms with Gasteiger partial charge in [-0.3, -0.25) is 0 Å². The lowest BCUT2D eigenvalue weighted by Gasteiger charge is -2.38. The fourth-order valence-electron chi connectivity index (χ4n) is 7.20. The van der Waals surface area contributed by atoms with E-state index in [1.165, 1.54) is 76.0 Å². The van der Waals surface area contributed by atoms with Crippen LogP contribution in [-0.4, -0.2) is 6.04 Å². The topological polar surface area (TPSA) is 6.48 Å². The molecule has 0 spiro atoms. The van der Waals surface area contributed by atoms with Crippen LogP contribution in [0.25, 0.3) is 24.3 Å². The minimum absolute atomic E-state index is 0.547. The molecule has 0 amide bonds. The van der Waals surface area contributed by atoms with Gasteiger partial charge in [0.15, 0.2) is 0 Å². The summed E-state index contributed by atoms with van der Waals surface area (Å²) in [6.45, 7) is 8.81. The highest BCUT2D eigenvalue weighted by molar-refractivity contribution is 5.79. The quantitative estimate of drug-likeness (QED) is 0.133. The van der Waals surface area contributed by atoms with Crippen molar-refractivity contribution in [3.05, 3.63) is 185 Å². The maximum Gasteiger partial charge on any atom is 0.0462 e. The molecule has 0 aliphatic heterocycles. The van der Waals surface area contributed by atoms with Crippen LogP contribution in [0.2, 0.25) is 0 Å². The summed E-state index contributed by atoms with van der Waals surface area (Å²) >= 11 is 0. The van der Waals surface area contributed by atoms with Crippen LogP contribution in [0.5, 0.6) is 0 Å². The van der Waals surface area contributed by atoms with Gasteiger partial charge in [-0.25, -0.2) is 0 Å². The van der Waals surface area contributed by atoms with Crippen LogP contribution in [0.3, 0.4) is 0 Å². The van der Waals surface area contributed by atoms with Crippen LogP contribution in [0.1, 0.15) is 71.6 Å². The Kier molecular flexibility index (Phi) is 10.8.